The highest BCUT2D eigenvalue weighted by molar-refractivity contribution is 6.18. The van der Waals surface area contributed by atoms with Crippen molar-refractivity contribution >= 4 is 17.5 Å². The van der Waals surface area contributed by atoms with Crippen LogP contribution in [0.2, 0.25) is 0 Å². The van der Waals surface area contributed by atoms with Crippen molar-refractivity contribution in [3.05, 3.63) is 35.4 Å². The van der Waals surface area contributed by atoms with Crippen molar-refractivity contribution in [2.24, 2.45) is 0 Å². The molecule has 3 nitrogen and oxygen atoms in total. The Kier molecular flexibility index (Phi) is 6.52. The Hall–Kier alpha value is -1.06. The summed E-state index contributed by atoms with van der Waals surface area (Å²) in [5.74, 6) is 0.951. The summed E-state index contributed by atoms with van der Waals surface area (Å²) in [5, 5.41) is 0. The Balaban J connectivity index is 1.82. The minimum absolute atomic E-state index is 0.283. The van der Waals surface area contributed by atoms with Crippen LogP contribution in [-0.4, -0.2) is 54.3 Å². The lowest BCUT2D eigenvalue weighted by molar-refractivity contribution is -0.131. The lowest BCUT2D eigenvalue weighted by Gasteiger charge is -2.21. The molecular formula is C17H25ClN2O. The molecule has 1 aromatic carbocycles. The SMILES string of the molecule is Cc1ccccc1CCC(=O)N1CCCN(CCCl)CC1. The molecule has 0 unspecified atom stereocenters. The van der Waals surface area contributed by atoms with Gasteiger partial charge in [0.15, 0.2) is 0 Å². The van der Waals surface area contributed by atoms with Gasteiger partial charge in [-0.1, -0.05) is 24.3 Å². The maximum Gasteiger partial charge on any atom is 0.222 e. The van der Waals surface area contributed by atoms with Crippen molar-refractivity contribution in [1.29, 1.82) is 0 Å². The van der Waals surface area contributed by atoms with E-state index >= 15 is 0 Å². The molecule has 0 spiro atoms. The molecule has 4 heteroatoms. The molecule has 0 aromatic heterocycles. The molecule has 1 aromatic rings. The number of nitrogens with zero attached hydrogens (tertiary/aromatic N) is 2. The molecule has 1 aliphatic rings. The minimum atomic E-state index is 0.283. The standard InChI is InChI=1S/C17H25ClN2O/c1-15-5-2-3-6-16(15)7-8-17(21)20-11-4-10-19(12-9-18)13-14-20/h2-3,5-6H,4,7-14H2,1H3. The van der Waals surface area contributed by atoms with Gasteiger partial charge in [-0.25, -0.2) is 0 Å². The van der Waals surface area contributed by atoms with E-state index in [0.29, 0.717) is 12.3 Å². The second-order valence-corrected chi connectivity index (χ2v) is 6.07. The Morgan fingerprint density at radius 1 is 1.19 bits per heavy atom. The number of amides is 1. The first-order chi connectivity index (χ1) is 10.2. The van der Waals surface area contributed by atoms with E-state index in [1.54, 1.807) is 0 Å². The number of hydrogen-bond donors (Lipinski definition) is 0. The summed E-state index contributed by atoms with van der Waals surface area (Å²) >= 11 is 5.80. The summed E-state index contributed by atoms with van der Waals surface area (Å²) in [6, 6.07) is 8.31. The first-order valence-corrected chi connectivity index (χ1v) is 8.35. The normalized spacial score (nSPS) is 16.8. The number of rotatable bonds is 5. The van der Waals surface area contributed by atoms with Gasteiger partial charge >= 0.3 is 0 Å². The van der Waals surface area contributed by atoms with E-state index in [1.165, 1.54) is 11.1 Å². The highest BCUT2D eigenvalue weighted by atomic mass is 35.5. The molecular weight excluding hydrogens is 284 g/mol. The van der Waals surface area contributed by atoms with Crippen LogP contribution < -0.4 is 0 Å². The lowest BCUT2D eigenvalue weighted by Crippen LogP contribution is -2.35. The van der Waals surface area contributed by atoms with Crippen molar-refractivity contribution in [3.63, 3.8) is 0 Å². The largest absolute Gasteiger partial charge is 0.341 e. The molecule has 1 saturated heterocycles. The van der Waals surface area contributed by atoms with Crippen LogP contribution in [0.1, 0.15) is 24.0 Å². The molecule has 1 fully saturated rings. The predicted octanol–water partition coefficient (Wildman–Crippen LogP) is 2.70. The number of alkyl halides is 1. The highest BCUT2D eigenvalue weighted by Gasteiger charge is 2.18. The zero-order valence-corrected chi connectivity index (χ0v) is 13.6. The summed E-state index contributed by atoms with van der Waals surface area (Å²) in [7, 11) is 0. The molecule has 1 amide bonds. The number of benzene rings is 1. The van der Waals surface area contributed by atoms with E-state index in [1.807, 2.05) is 17.0 Å². The first-order valence-electron chi connectivity index (χ1n) is 7.81. The molecule has 1 heterocycles. The van der Waals surface area contributed by atoms with Crippen LogP contribution in [0.4, 0.5) is 0 Å². The van der Waals surface area contributed by atoms with E-state index in [4.69, 9.17) is 11.6 Å². The molecule has 0 saturated carbocycles. The van der Waals surface area contributed by atoms with E-state index in [2.05, 4.69) is 24.0 Å². The summed E-state index contributed by atoms with van der Waals surface area (Å²) in [6.45, 7) is 6.74. The van der Waals surface area contributed by atoms with Gasteiger partial charge in [0, 0.05) is 38.5 Å². The second kappa shape index (κ2) is 8.40. The van der Waals surface area contributed by atoms with Gasteiger partial charge in [-0.05, 0) is 37.4 Å². The van der Waals surface area contributed by atoms with E-state index in [-0.39, 0.29) is 5.91 Å². The molecule has 0 radical (unpaired) electrons. The van der Waals surface area contributed by atoms with Crippen LogP contribution in [0, 0.1) is 6.92 Å². The van der Waals surface area contributed by atoms with Crippen molar-refractivity contribution in [2.75, 3.05) is 38.6 Å². The van der Waals surface area contributed by atoms with Gasteiger partial charge in [-0.3, -0.25) is 4.79 Å². The van der Waals surface area contributed by atoms with Crippen molar-refractivity contribution in [2.45, 2.75) is 26.2 Å². The number of hydrogen-bond acceptors (Lipinski definition) is 2. The van der Waals surface area contributed by atoms with Gasteiger partial charge in [0.1, 0.15) is 0 Å². The topological polar surface area (TPSA) is 23.6 Å². The number of carbonyl (C=O) groups is 1. The number of aryl methyl sites for hydroxylation is 2. The second-order valence-electron chi connectivity index (χ2n) is 5.69. The summed E-state index contributed by atoms with van der Waals surface area (Å²) < 4.78 is 0. The highest BCUT2D eigenvalue weighted by Crippen LogP contribution is 2.12. The van der Waals surface area contributed by atoms with Crippen molar-refractivity contribution in [1.82, 2.24) is 9.80 Å². The Bertz CT molecular complexity index is 464. The lowest BCUT2D eigenvalue weighted by atomic mass is 10.0. The fourth-order valence-electron chi connectivity index (χ4n) is 2.85. The predicted molar refractivity (Wildman–Crippen MR) is 87.9 cm³/mol. The van der Waals surface area contributed by atoms with Crippen molar-refractivity contribution in [3.8, 4) is 0 Å². The van der Waals surface area contributed by atoms with Crippen LogP contribution in [0.5, 0.6) is 0 Å². The fourth-order valence-corrected chi connectivity index (χ4v) is 3.09. The van der Waals surface area contributed by atoms with Crippen LogP contribution in [0.3, 0.4) is 0 Å². The maximum absolute atomic E-state index is 12.4. The number of halogens is 1. The van der Waals surface area contributed by atoms with Gasteiger partial charge in [-0.15, -0.1) is 11.6 Å². The van der Waals surface area contributed by atoms with Crippen molar-refractivity contribution < 1.29 is 4.79 Å². The Morgan fingerprint density at radius 3 is 2.76 bits per heavy atom. The molecule has 0 atom stereocenters. The smallest absolute Gasteiger partial charge is 0.222 e. The third-order valence-electron chi connectivity index (χ3n) is 4.21. The third kappa shape index (κ3) is 5.01. The van der Waals surface area contributed by atoms with E-state index in [0.717, 1.165) is 45.6 Å². The minimum Gasteiger partial charge on any atom is -0.341 e. The average molecular weight is 309 g/mol. The first kappa shape index (κ1) is 16.3. The van der Waals surface area contributed by atoms with Crippen LogP contribution in [0.15, 0.2) is 24.3 Å². The summed E-state index contributed by atoms with van der Waals surface area (Å²) in [4.78, 5) is 16.8. The zero-order valence-electron chi connectivity index (χ0n) is 12.9. The summed E-state index contributed by atoms with van der Waals surface area (Å²) in [5.41, 5.74) is 2.55. The van der Waals surface area contributed by atoms with Gasteiger partial charge in [0.05, 0.1) is 0 Å². The van der Waals surface area contributed by atoms with Gasteiger partial charge in [-0.2, -0.15) is 0 Å². The monoisotopic (exact) mass is 308 g/mol. The molecule has 2 rings (SSSR count). The van der Waals surface area contributed by atoms with Gasteiger partial charge < -0.3 is 9.80 Å². The molecule has 116 valence electrons. The molecule has 0 N–H and O–H groups in total. The Morgan fingerprint density at radius 2 is 2.00 bits per heavy atom. The average Bonchev–Trinajstić information content (AvgIpc) is 2.72. The van der Waals surface area contributed by atoms with Crippen LogP contribution in [0.25, 0.3) is 0 Å². The molecule has 1 aliphatic heterocycles. The zero-order chi connectivity index (χ0) is 15.1. The van der Waals surface area contributed by atoms with Gasteiger partial charge in [0.25, 0.3) is 0 Å². The van der Waals surface area contributed by atoms with Crippen LogP contribution in [-0.2, 0) is 11.2 Å². The summed E-state index contributed by atoms with van der Waals surface area (Å²) in [6.07, 6.45) is 2.50. The maximum atomic E-state index is 12.4. The van der Waals surface area contributed by atoms with Gasteiger partial charge in [0.2, 0.25) is 5.91 Å². The fraction of sp³-hybridized carbons (Fsp3) is 0.588. The van der Waals surface area contributed by atoms with E-state index in [9.17, 15) is 4.79 Å². The molecule has 0 aliphatic carbocycles. The molecule has 21 heavy (non-hydrogen) atoms. The van der Waals surface area contributed by atoms with Crippen LogP contribution >= 0.6 is 11.6 Å². The Labute approximate surface area is 132 Å². The third-order valence-corrected chi connectivity index (χ3v) is 4.38. The number of carbonyl (C=O) groups excluding carboxylic acids is 1. The van der Waals surface area contributed by atoms with E-state index < -0.39 is 0 Å². The molecule has 0 bridgehead atoms. The quantitative estimate of drug-likeness (QED) is 0.781.